The van der Waals surface area contributed by atoms with Gasteiger partial charge in [-0.15, -0.1) is 5.10 Å². The summed E-state index contributed by atoms with van der Waals surface area (Å²) in [6.45, 7) is 2.61. The number of aryl methyl sites for hydroxylation is 1. The SMILES string of the molecule is CCCCC1CCC(c2nnnn2CCC(=O)O)CC1. The van der Waals surface area contributed by atoms with Crippen molar-refractivity contribution in [3.05, 3.63) is 5.82 Å². The van der Waals surface area contributed by atoms with Crippen LogP contribution in [0.3, 0.4) is 0 Å². The second kappa shape index (κ2) is 7.36. The Bertz CT molecular complexity index is 425. The fraction of sp³-hybridized carbons (Fsp3) is 0.857. The molecule has 1 aromatic heterocycles. The minimum Gasteiger partial charge on any atom is -0.481 e. The van der Waals surface area contributed by atoms with E-state index in [1.165, 1.54) is 32.1 Å². The standard InChI is InChI=1S/C14H24N4O2/c1-2-3-4-11-5-7-12(8-6-11)14-15-16-17-18(14)10-9-13(19)20/h11-12H,2-10H2,1H3,(H,19,20). The Morgan fingerprint density at radius 2 is 2.10 bits per heavy atom. The van der Waals surface area contributed by atoms with Crippen molar-refractivity contribution in [1.82, 2.24) is 20.2 Å². The lowest BCUT2D eigenvalue weighted by Crippen LogP contribution is -2.18. The van der Waals surface area contributed by atoms with Crippen molar-refractivity contribution < 1.29 is 9.90 Å². The number of carboxylic acid groups (broad SMARTS) is 1. The molecule has 1 N–H and O–H groups in total. The van der Waals surface area contributed by atoms with Crippen LogP contribution >= 0.6 is 0 Å². The first-order valence-corrected chi connectivity index (χ1v) is 7.68. The number of unbranched alkanes of at least 4 members (excludes halogenated alkanes) is 1. The summed E-state index contributed by atoms with van der Waals surface area (Å²) in [5, 5.41) is 20.5. The van der Waals surface area contributed by atoms with Crippen molar-refractivity contribution in [2.24, 2.45) is 5.92 Å². The maximum atomic E-state index is 10.6. The van der Waals surface area contributed by atoms with Crippen molar-refractivity contribution in [3.63, 3.8) is 0 Å². The van der Waals surface area contributed by atoms with Gasteiger partial charge in [0, 0.05) is 5.92 Å². The van der Waals surface area contributed by atoms with Crippen LogP contribution in [0.5, 0.6) is 0 Å². The number of rotatable bonds is 7. The fourth-order valence-electron chi connectivity index (χ4n) is 3.07. The van der Waals surface area contributed by atoms with Gasteiger partial charge in [-0.25, -0.2) is 4.68 Å². The van der Waals surface area contributed by atoms with Gasteiger partial charge in [-0.3, -0.25) is 4.79 Å². The van der Waals surface area contributed by atoms with Crippen LogP contribution < -0.4 is 0 Å². The van der Waals surface area contributed by atoms with E-state index in [4.69, 9.17) is 5.11 Å². The maximum absolute atomic E-state index is 10.6. The Balaban J connectivity index is 1.87. The van der Waals surface area contributed by atoms with E-state index in [1.54, 1.807) is 4.68 Å². The highest BCUT2D eigenvalue weighted by Crippen LogP contribution is 2.36. The molecule has 112 valence electrons. The predicted molar refractivity (Wildman–Crippen MR) is 74.3 cm³/mol. The molecule has 0 atom stereocenters. The molecule has 0 spiro atoms. The molecule has 6 heteroatoms. The van der Waals surface area contributed by atoms with Gasteiger partial charge in [0.2, 0.25) is 0 Å². The van der Waals surface area contributed by atoms with Crippen molar-refractivity contribution in [2.45, 2.75) is 70.8 Å². The second-order valence-corrected chi connectivity index (χ2v) is 5.76. The molecule has 2 rings (SSSR count). The summed E-state index contributed by atoms with van der Waals surface area (Å²) in [5.74, 6) is 1.32. The van der Waals surface area contributed by atoms with E-state index < -0.39 is 5.97 Å². The molecule has 1 aliphatic rings. The van der Waals surface area contributed by atoms with Gasteiger partial charge >= 0.3 is 5.97 Å². The average molecular weight is 280 g/mol. The summed E-state index contributed by atoms with van der Waals surface area (Å²) in [6, 6.07) is 0. The molecule has 20 heavy (non-hydrogen) atoms. The number of carboxylic acids is 1. The third-order valence-corrected chi connectivity index (χ3v) is 4.27. The summed E-state index contributed by atoms with van der Waals surface area (Å²) in [7, 11) is 0. The van der Waals surface area contributed by atoms with Gasteiger partial charge in [-0.1, -0.05) is 26.2 Å². The van der Waals surface area contributed by atoms with Crippen LogP contribution in [-0.2, 0) is 11.3 Å². The van der Waals surface area contributed by atoms with Crippen LogP contribution in [0.2, 0.25) is 0 Å². The van der Waals surface area contributed by atoms with Crippen LogP contribution in [-0.4, -0.2) is 31.3 Å². The lowest BCUT2D eigenvalue weighted by Gasteiger charge is -2.27. The first kappa shape index (κ1) is 14.9. The third kappa shape index (κ3) is 4.02. The van der Waals surface area contributed by atoms with Crippen LogP contribution in [0.25, 0.3) is 0 Å². The summed E-state index contributed by atoms with van der Waals surface area (Å²) in [6.07, 6.45) is 8.76. The largest absolute Gasteiger partial charge is 0.481 e. The molecule has 0 amide bonds. The highest BCUT2D eigenvalue weighted by Gasteiger charge is 2.26. The molecule has 1 heterocycles. The van der Waals surface area contributed by atoms with E-state index >= 15 is 0 Å². The molecular formula is C14H24N4O2. The lowest BCUT2D eigenvalue weighted by atomic mass is 9.79. The van der Waals surface area contributed by atoms with Crippen molar-refractivity contribution in [1.29, 1.82) is 0 Å². The Labute approximate surface area is 119 Å². The highest BCUT2D eigenvalue weighted by molar-refractivity contribution is 5.66. The third-order valence-electron chi connectivity index (χ3n) is 4.27. The van der Waals surface area contributed by atoms with Gasteiger partial charge in [0.05, 0.1) is 13.0 Å². The Morgan fingerprint density at radius 1 is 1.35 bits per heavy atom. The number of nitrogens with zero attached hydrogens (tertiary/aromatic N) is 4. The molecule has 0 bridgehead atoms. The number of hydrogen-bond acceptors (Lipinski definition) is 4. The zero-order valence-electron chi connectivity index (χ0n) is 12.2. The van der Waals surface area contributed by atoms with Crippen LogP contribution in [0.15, 0.2) is 0 Å². The Morgan fingerprint density at radius 3 is 2.75 bits per heavy atom. The van der Waals surface area contributed by atoms with Crippen molar-refractivity contribution >= 4 is 5.97 Å². The topological polar surface area (TPSA) is 80.9 Å². The Hall–Kier alpha value is -1.46. The molecule has 6 nitrogen and oxygen atoms in total. The monoisotopic (exact) mass is 280 g/mol. The van der Waals surface area contributed by atoms with E-state index in [0.717, 1.165) is 24.6 Å². The van der Waals surface area contributed by atoms with Gasteiger partial charge in [0.25, 0.3) is 0 Å². The molecule has 1 fully saturated rings. The maximum Gasteiger partial charge on any atom is 0.305 e. The quantitative estimate of drug-likeness (QED) is 0.830. The summed E-state index contributed by atoms with van der Waals surface area (Å²) >= 11 is 0. The molecule has 1 aliphatic carbocycles. The first-order chi connectivity index (χ1) is 9.70. The molecule has 0 radical (unpaired) electrons. The molecule has 1 aromatic rings. The van der Waals surface area contributed by atoms with Gasteiger partial charge in [-0.2, -0.15) is 0 Å². The molecule has 0 saturated heterocycles. The van der Waals surface area contributed by atoms with Gasteiger partial charge in [0.1, 0.15) is 0 Å². The van der Waals surface area contributed by atoms with Gasteiger partial charge in [0.15, 0.2) is 5.82 Å². The summed E-state index contributed by atoms with van der Waals surface area (Å²) in [5.41, 5.74) is 0. The van der Waals surface area contributed by atoms with E-state index in [9.17, 15) is 4.79 Å². The van der Waals surface area contributed by atoms with E-state index in [0.29, 0.717) is 12.5 Å². The van der Waals surface area contributed by atoms with E-state index in [-0.39, 0.29) is 6.42 Å². The zero-order chi connectivity index (χ0) is 14.4. The Kier molecular flexibility index (Phi) is 5.49. The number of hydrogen-bond donors (Lipinski definition) is 1. The minimum atomic E-state index is -0.810. The molecule has 0 aromatic carbocycles. The number of aromatic nitrogens is 4. The first-order valence-electron chi connectivity index (χ1n) is 7.68. The molecule has 1 saturated carbocycles. The van der Waals surface area contributed by atoms with Crippen LogP contribution in [0, 0.1) is 5.92 Å². The number of tetrazole rings is 1. The van der Waals surface area contributed by atoms with Gasteiger partial charge in [-0.05, 0) is 42.0 Å². The van der Waals surface area contributed by atoms with Crippen LogP contribution in [0.4, 0.5) is 0 Å². The molecular weight excluding hydrogens is 256 g/mol. The average Bonchev–Trinajstić information content (AvgIpc) is 2.92. The number of carbonyl (C=O) groups is 1. The molecule has 0 aliphatic heterocycles. The second-order valence-electron chi connectivity index (χ2n) is 5.76. The van der Waals surface area contributed by atoms with E-state index in [2.05, 4.69) is 22.4 Å². The molecule has 0 unspecified atom stereocenters. The smallest absolute Gasteiger partial charge is 0.305 e. The lowest BCUT2D eigenvalue weighted by molar-refractivity contribution is -0.137. The van der Waals surface area contributed by atoms with Crippen molar-refractivity contribution in [2.75, 3.05) is 0 Å². The van der Waals surface area contributed by atoms with Crippen LogP contribution in [0.1, 0.15) is 70.0 Å². The summed E-state index contributed by atoms with van der Waals surface area (Å²) < 4.78 is 1.67. The fourth-order valence-corrected chi connectivity index (χ4v) is 3.07. The number of aliphatic carboxylic acids is 1. The summed E-state index contributed by atoms with van der Waals surface area (Å²) in [4.78, 5) is 10.6. The van der Waals surface area contributed by atoms with Crippen molar-refractivity contribution in [3.8, 4) is 0 Å². The van der Waals surface area contributed by atoms with E-state index in [1.807, 2.05) is 0 Å². The normalized spacial score (nSPS) is 22.9. The van der Waals surface area contributed by atoms with Gasteiger partial charge < -0.3 is 5.11 Å². The zero-order valence-corrected chi connectivity index (χ0v) is 12.2. The predicted octanol–water partition coefficient (Wildman–Crippen LogP) is 2.61. The minimum absolute atomic E-state index is 0.0733. The highest BCUT2D eigenvalue weighted by atomic mass is 16.4.